The summed E-state index contributed by atoms with van der Waals surface area (Å²) in [5, 5.41) is 15.2. The Morgan fingerprint density at radius 3 is 2.88 bits per heavy atom. The van der Waals surface area contributed by atoms with Gasteiger partial charge in [-0.25, -0.2) is 0 Å². The number of nitrogens with one attached hydrogen (secondary N) is 1. The summed E-state index contributed by atoms with van der Waals surface area (Å²) < 4.78 is 0. The lowest BCUT2D eigenvalue weighted by Gasteiger charge is -2.15. The fourth-order valence-electron chi connectivity index (χ4n) is 1.62. The molecule has 0 aliphatic heterocycles. The average Bonchev–Trinajstić information content (AvgIpc) is 2.85. The van der Waals surface area contributed by atoms with Crippen molar-refractivity contribution in [2.45, 2.75) is 19.6 Å². The van der Waals surface area contributed by atoms with Crippen molar-refractivity contribution in [3.63, 3.8) is 0 Å². The largest absolute Gasteiger partial charge is 0.392 e. The highest BCUT2D eigenvalue weighted by atomic mass is 35.5. The molecular formula is C13H14ClNOS. The van der Waals surface area contributed by atoms with Crippen LogP contribution < -0.4 is 5.32 Å². The number of hydrogen-bond donors (Lipinski definition) is 2. The SMILES string of the molecule is CC(Nc1cc(CO)ccc1Cl)c1cccs1. The Morgan fingerprint density at radius 1 is 1.41 bits per heavy atom. The van der Waals surface area contributed by atoms with E-state index >= 15 is 0 Å². The number of hydrogen-bond acceptors (Lipinski definition) is 3. The molecule has 0 saturated heterocycles. The van der Waals surface area contributed by atoms with Crippen LogP contribution in [-0.2, 0) is 6.61 Å². The molecule has 1 aromatic heterocycles. The maximum Gasteiger partial charge on any atom is 0.0682 e. The van der Waals surface area contributed by atoms with Crippen LogP contribution in [0.25, 0.3) is 0 Å². The molecule has 0 spiro atoms. The predicted octanol–water partition coefficient (Wildman–Crippen LogP) is 4.07. The van der Waals surface area contributed by atoms with Gasteiger partial charge in [-0.1, -0.05) is 23.7 Å². The van der Waals surface area contributed by atoms with Gasteiger partial charge in [0.25, 0.3) is 0 Å². The van der Waals surface area contributed by atoms with Crippen LogP contribution in [0.15, 0.2) is 35.7 Å². The molecule has 0 saturated carbocycles. The highest BCUT2D eigenvalue weighted by Gasteiger charge is 2.08. The molecule has 0 aliphatic carbocycles. The molecule has 1 unspecified atom stereocenters. The molecule has 2 N–H and O–H groups in total. The van der Waals surface area contributed by atoms with Crippen molar-refractivity contribution in [1.29, 1.82) is 0 Å². The molecule has 0 fully saturated rings. The number of anilines is 1. The Hall–Kier alpha value is -1.03. The summed E-state index contributed by atoms with van der Waals surface area (Å²) in [6.07, 6.45) is 0. The van der Waals surface area contributed by atoms with Crippen LogP contribution in [0, 0.1) is 0 Å². The Morgan fingerprint density at radius 2 is 2.24 bits per heavy atom. The number of halogens is 1. The first-order chi connectivity index (χ1) is 8.20. The third-order valence-corrected chi connectivity index (χ3v) is 3.94. The Labute approximate surface area is 110 Å². The van der Waals surface area contributed by atoms with Gasteiger partial charge in [-0.15, -0.1) is 11.3 Å². The normalized spacial score (nSPS) is 12.4. The number of aliphatic hydroxyl groups excluding tert-OH is 1. The summed E-state index contributed by atoms with van der Waals surface area (Å²) in [5.74, 6) is 0. The van der Waals surface area contributed by atoms with Gasteiger partial charge in [-0.3, -0.25) is 0 Å². The van der Waals surface area contributed by atoms with Crippen LogP contribution in [0.1, 0.15) is 23.4 Å². The Bertz CT molecular complexity index is 484. The van der Waals surface area contributed by atoms with Gasteiger partial charge in [0, 0.05) is 4.88 Å². The van der Waals surface area contributed by atoms with Crippen LogP contribution in [0.4, 0.5) is 5.69 Å². The van der Waals surface area contributed by atoms with Gasteiger partial charge in [0.05, 0.1) is 23.4 Å². The van der Waals surface area contributed by atoms with Crippen LogP contribution in [0.2, 0.25) is 5.02 Å². The first kappa shape index (κ1) is 12.4. The second-order valence-corrected chi connectivity index (χ2v) is 5.24. The predicted molar refractivity (Wildman–Crippen MR) is 73.7 cm³/mol. The van der Waals surface area contributed by atoms with Crippen LogP contribution in [0.3, 0.4) is 0 Å². The smallest absolute Gasteiger partial charge is 0.0682 e. The highest BCUT2D eigenvalue weighted by molar-refractivity contribution is 7.10. The second kappa shape index (κ2) is 5.54. The van der Waals surface area contributed by atoms with Crippen molar-refractivity contribution in [2.75, 3.05) is 5.32 Å². The van der Waals surface area contributed by atoms with Gasteiger partial charge in [0.1, 0.15) is 0 Å². The number of aliphatic hydroxyl groups is 1. The minimum Gasteiger partial charge on any atom is -0.392 e. The first-order valence-corrected chi connectivity index (χ1v) is 6.65. The molecule has 4 heteroatoms. The minimum atomic E-state index is 0.0270. The lowest BCUT2D eigenvalue weighted by Crippen LogP contribution is -2.05. The molecule has 0 radical (unpaired) electrons. The van der Waals surface area contributed by atoms with Crippen molar-refractivity contribution < 1.29 is 5.11 Å². The standard InChI is InChI=1S/C13H14ClNOS/c1-9(13-3-2-6-17-13)15-12-7-10(8-16)4-5-11(12)14/h2-7,9,15-16H,8H2,1H3. The van der Waals surface area contributed by atoms with E-state index in [1.807, 2.05) is 18.2 Å². The molecule has 1 heterocycles. The summed E-state index contributed by atoms with van der Waals surface area (Å²) in [6, 6.07) is 9.84. The van der Waals surface area contributed by atoms with Crippen molar-refractivity contribution in [2.24, 2.45) is 0 Å². The van der Waals surface area contributed by atoms with Crippen LogP contribution in [0.5, 0.6) is 0 Å². The molecule has 2 nitrogen and oxygen atoms in total. The van der Waals surface area contributed by atoms with Crippen LogP contribution in [-0.4, -0.2) is 5.11 Å². The molecular weight excluding hydrogens is 254 g/mol. The molecule has 1 atom stereocenters. The van der Waals surface area contributed by atoms with Crippen LogP contribution >= 0.6 is 22.9 Å². The van der Waals surface area contributed by atoms with E-state index in [1.54, 1.807) is 17.4 Å². The summed E-state index contributed by atoms with van der Waals surface area (Å²) in [6.45, 7) is 2.12. The molecule has 0 aliphatic rings. The molecule has 1 aromatic carbocycles. The van der Waals surface area contributed by atoms with E-state index in [2.05, 4.69) is 23.7 Å². The number of benzene rings is 1. The van der Waals surface area contributed by atoms with E-state index in [1.165, 1.54) is 4.88 Å². The van der Waals surface area contributed by atoms with E-state index in [-0.39, 0.29) is 12.6 Å². The summed E-state index contributed by atoms with van der Waals surface area (Å²) >= 11 is 7.83. The van der Waals surface area contributed by atoms with Gasteiger partial charge < -0.3 is 10.4 Å². The molecule has 90 valence electrons. The molecule has 2 aromatic rings. The van der Waals surface area contributed by atoms with Crippen molar-refractivity contribution in [3.8, 4) is 0 Å². The van der Waals surface area contributed by atoms with E-state index in [4.69, 9.17) is 16.7 Å². The van der Waals surface area contributed by atoms with E-state index in [0.29, 0.717) is 5.02 Å². The van der Waals surface area contributed by atoms with E-state index in [0.717, 1.165) is 11.3 Å². The van der Waals surface area contributed by atoms with Crippen molar-refractivity contribution in [3.05, 3.63) is 51.2 Å². The molecule has 2 rings (SSSR count). The van der Waals surface area contributed by atoms with Gasteiger partial charge >= 0.3 is 0 Å². The molecule has 17 heavy (non-hydrogen) atoms. The van der Waals surface area contributed by atoms with Crippen molar-refractivity contribution in [1.82, 2.24) is 0 Å². The third kappa shape index (κ3) is 3.00. The third-order valence-electron chi connectivity index (χ3n) is 2.56. The Kier molecular flexibility index (Phi) is 4.05. The molecule has 0 amide bonds. The fourth-order valence-corrected chi connectivity index (χ4v) is 2.53. The summed E-state index contributed by atoms with van der Waals surface area (Å²) in [4.78, 5) is 1.26. The van der Waals surface area contributed by atoms with Gasteiger partial charge in [0.15, 0.2) is 0 Å². The van der Waals surface area contributed by atoms with Crippen molar-refractivity contribution >= 4 is 28.6 Å². The summed E-state index contributed by atoms with van der Waals surface area (Å²) in [5.41, 5.74) is 1.72. The quantitative estimate of drug-likeness (QED) is 0.875. The monoisotopic (exact) mass is 267 g/mol. The number of rotatable bonds is 4. The zero-order chi connectivity index (χ0) is 12.3. The minimum absolute atomic E-state index is 0.0270. The number of thiophene rings is 1. The van der Waals surface area contributed by atoms with Gasteiger partial charge in [-0.2, -0.15) is 0 Å². The van der Waals surface area contributed by atoms with Gasteiger partial charge in [-0.05, 0) is 36.1 Å². The second-order valence-electron chi connectivity index (χ2n) is 3.85. The molecule has 0 bridgehead atoms. The maximum atomic E-state index is 9.10. The summed E-state index contributed by atoms with van der Waals surface area (Å²) in [7, 11) is 0. The Balaban J connectivity index is 2.18. The average molecular weight is 268 g/mol. The topological polar surface area (TPSA) is 32.3 Å². The zero-order valence-electron chi connectivity index (χ0n) is 9.48. The zero-order valence-corrected chi connectivity index (χ0v) is 11.1. The van der Waals surface area contributed by atoms with Gasteiger partial charge in [0.2, 0.25) is 0 Å². The van der Waals surface area contributed by atoms with E-state index in [9.17, 15) is 0 Å². The lowest BCUT2D eigenvalue weighted by atomic mass is 10.2. The highest BCUT2D eigenvalue weighted by Crippen LogP contribution is 2.28. The first-order valence-electron chi connectivity index (χ1n) is 5.40. The maximum absolute atomic E-state index is 9.10. The van der Waals surface area contributed by atoms with E-state index < -0.39 is 0 Å². The lowest BCUT2D eigenvalue weighted by molar-refractivity contribution is 0.282. The fraction of sp³-hybridized carbons (Fsp3) is 0.231.